The molecule has 0 aliphatic rings. The van der Waals surface area contributed by atoms with Gasteiger partial charge in [-0.05, 0) is 23.6 Å². The van der Waals surface area contributed by atoms with Crippen molar-refractivity contribution < 1.29 is 4.74 Å². The van der Waals surface area contributed by atoms with E-state index in [4.69, 9.17) is 4.74 Å². The van der Waals surface area contributed by atoms with Gasteiger partial charge >= 0.3 is 0 Å². The molecule has 106 valence electrons. The maximum Gasteiger partial charge on any atom is 0.189 e. The fourth-order valence-corrected chi connectivity index (χ4v) is 2.58. The summed E-state index contributed by atoms with van der Waals surface area (Å²) in [5.74, 6) is 0. The Morgan fingerprint density at radius 2 is 1.86 bits per heavy atom. The van der Waals surface area contributed by atoms with Crippen molar-refractivity contribution in [1.82, 2.24) is 4.98 Å². The minimum atomic E-state index is 0.0331. The van der Waals surface area contributed by atoms with Gasteiger partial charge in [0.05, 0.1) is 12.1 Å². The first-order valence-corrected chi connectivity index (χ1v) is 6.94. The summed E-state index contributed by atoms with van der Waals surface area (Å²) < 4.78 is 5.12. The van der Waals surface area contributed by atoms with Crippen LogP contribution in [0, 0.1) is 0 Å². The second-order valence-electron chi connectivity index (χ2n) is 5.09. The van der Waals surface area contributed by atoms with Gasteiger partial charge in [-0.2, -0.15) is 0 Å². The number of benzene rings is 2. The zero-order valence-electron chi connectivity index (χ0n) is 11.9. The summed E-state index contributed by atoms with van der Waals surface area (Å²) in [4.78, 5) is 15.5. The Labute approximate surface area is 123 Å². The molecular weight excluding hydrogens is 262 g/mol. The van der Waals surface area contributed by atoms with Crippen LogP contribution in [0.25, 0.3) is 10.9 Å². The summed E-state index contributed by atoms with van der Waals surface area (Å²) in [5.41, 5.74) is 4.08. The number of H-pyrrole nitrogens is 1. The standard InChI is InChI=1S/C18H17NO2/c1-21-12-15-11-17(20)16-9-5-8-14(18(16)19-15)10-13-6-3-2-4-7-13/h2-9,11H,10,12H2,1H3,(H,19,20). The molecule has 0 aliphatic carbocycles. The molecule has 2 aromatic carbocycles. The van der Waals surface area contributed by atoms with Gasteiger partial charge in [-0.1, -0.05) is 42.5 Å². The first-order chi connectivity index (χ1) is 10.3. The van der Waals surface area contributed by atoms with Crippen LogP contribution in [0.4, 0.5) is 0 Å². The van der Waals surface area contributed by atoms with E-state index in [1.165, 1.54) is 5.56 Å². The maximum absolute atomic E-state index is 12.2. The zero-order chi connectivity index (χ0) is 14.7. The highest BCUT2D eigenvalue weighted by atomic mass is 16.5. The van der Waals surface area contributed by atoms with Crippen molar-refractivity contribution in [1.29, 1.82) is 0 Å². The molecule has 0 unspecified atom stereocenters. The number of rotatable bonds is 4. The zero-order valence-corrected chi connectivity index (χ0v) is 11.9. The predicted octanol–water partition coefficient (Wildman–Crippen LogP) is 3.27. The van der Waals surface area contributed by atoms with Gasteiger partial charge in [-0.15, -0.1) is 0 Å². The highest BCUT2D eigenvalue weighted by molar-refractivity contribution is 5.82. The Hall–Kier alpha value is -2.39. The Morgan fingerprint density at radius 3 is 2.62 bits per heavy atom. The van der Waals surface area contributed by atoms with E-state index in [1.807, 2.05) is 30.3 Å². The monoisotopic (exact) mass is 279 g/mol. The van der Waals surface area contributed by atoms with Crippen molar-refractivity contribution in [2.24, 2.45) is 0 Å². The van der Waals surface area contributed by atoms with Crippen LogP contribution in [-0.2, 0) is 17.8 Å². The first kappa shape index (κ1) is 13.6. The number of ether oxygens (including phenoxy) is 1. The van der Waals surface area contributed by atoms with E-state index in [1.54, 1.807) is 13.2 Å². The predicted molar refractivity (Wildman–Crippen MR) is 84.5 cm³/mol. The molecule has 0 amide bonds. The second-order valence-corrected chi connectivity index (χ2v) is 5.09. The summed E-state index contributed by atoms with van der Waals surface area (Å²) in [7, 11) is 1.62. The summed E-state index contributed by atoms with van der Waals surface area (Å²) in [6.45, 7) is 0.408. The minimum absolute atomic E-state index is 0.0331. The number of pyridine rings is 1. The van der Waals surface area contributed by atoms with Crippen LogP contribution in [0.2, 0.25) is 0 Å². The average Bonchev–Trinajstić information content (AvgIpc) is 2.50. The quantitative estimate of drug-likeness (QED) is 0.796. The molecule has 3 heteroatoms. The largest absolute Gasteiger partial charge is 0.378 e. The fourth-order valence-electron chi connectivity index (χ4n) is 2.58. The maximum atomic E-state index is 12.2. The number of hydrogen-bond acceptors (Lipinski definition) is 2. The number of fused-ring (bicyclic) bond motifs is 1. The van der Waals surface area contributed by atoms with Crippen molar-refractivity contribution in [2.45, 2.75) is 13.0 Å². The highest BCUT2D eigenvalue weighted by Crippen LogP contribution is 2.18. The minimum Gasteiger partial charge on any atom is -0.378 e. The third-order valence-electron chi connectivity index (χ3n) is 3.54. The second kappa shape index (κ2) is 5.94. The molecule has 1 aromatic heterocycles. The van der Waals surface area contributed by atoms with Gasteiger partial charge in [-0.3, -0.25) is 4.79 Å². The van der Waals surface area contributed by atoms with E-state index in [0.29, 0.717) is 6.61 Å². The van der Waals surface area contributed by atoms with Gasteiger partial charge in [0, 0.05) is 24.3 Å². The van der Waals surface area contributed by atoms with Gasteiger partial charge in [-0.25, -0.2) is 0 Å². The van der Waals surface area contributed by atoms with Gasteiger partial charge in [0.1, 0.15) is 0 Å². The summed E-state index contributed by atoms with van der Waals surface area (Å²) >= 11 is 0. The lowest BCUT2D eigenvalue weighted by atomic mass is 10.0. The van der Waals surface area contributed by atoms with Crippen LogP contribution in [0.1, 0.15) is 16.8 Å². The van der Waals surface area contributed by atoms with E-state index < -0.39 is 0 Å². The molecule has 3 rings (SSSR count). The third-order valence-corrected chi connectivity index (χ3v) is 3.54. The van der Waals surface area contributed by atoms with Gasteiger partial charge in [0.25, 0.3) is 0 Å². The highest BCUT2D eigenvalue weighted by Gasteiger charge is 2.07. The first-order valence-electron chi connectivity index (χ1n) is 6.94. The average molecular weight is 279 g/mol. The number of aromatic nitrogens is 1. The van der Waals surface area contributed by atoms with Crippen LogP contribution in [-0.4, -0.2) is 12.1 Å². The van der Waals surface area contributed by atoms with E-state index in [0.717, 1.165) is 28.6 Å². The number of aromatic amines is 1. The lowest BCUT2D eigenvalue weighted by Crippen LogP contribution is -2.07. The van der Waals surface area contributed by atoms with E-state index in [9.17, 15) is 4.79 Å². The molecule has 0 radical (unpaired) electrons. The van der Waals surface area contributed by atoms with Crippen LogP contribution >= 0.6 is 0 Å². The van der Waals surface area contributed by atoms with E-state index in [-0.39, 0.29) is 5.43 Å². The summed E-state index contributed by atoms with van der Waals surface area (Å²) in [5, 5.41) is 0.725. The molecule has 21 heavy (non-hydrogen) atoms. The van der Waals surface area contributed by atoms with Crippen LogP contribution in [0.3, 0.4) is 0 Å². The van der Waals surface area contributed by atoms with Gasteiger partial charge in [0.15, 0.2) is 5.43 Å². The molecule has 1 heterocycles. The van der Waals surface area contributed by atoms with E-state index >= 15 is 0 Å². The molecule has 1 N–H and O–H groups in total. The third kappa shape index (κ3) is 2.88. The topological polar surface area (TPSA) is 42.1 Å². The lowest BCUT2D eigenvalue weighted by Gasteiger charge is -2.09. The molecule has 0 atom stereocenters. The van der Waals surface area contributed by atoms with Crippen LogP contribution in [0.15, 0.2) is 59.4 Å². The smallest absolute Gasteiger partial charge is 0.189 e. The molecule has 0 aliphatic heterocycles. The number of para-hydroxylation sites is 1. The fraction of sp³-hybridized carbons (Fsp3) is 0.167. The number of hydrogen-bond donors (Lipinski definition) is 1. The molecule has 0 spiro atoms. The van der Waals surface area contributed by atoms with Crippen molar-refractivity contribution in [3.63, 3.8) is 0 Å². The molecule has 3 aromatic rings. The Balaban J connectivity index is 2.12. The Kier molecular flexibility index (Phi) is 3.84. The lowest BCUT2D eigenvalue weighted by molar-refractivity contribution is 0.181. The van der Waals surface area contributed by atoms with Crippen molar-refractivity contribution in [2.75, 3.05) is 7.11 Å². The van der Waals surface area contributed by atoms with Crippen molar-refractivity contribution in [3.05, 3.63) is 81.6 Å². The molecule has 0 fully saturated rings. The van der Waals surface area contributed by atoms with Crippen LogP contribution < -0.4 is 5.43 Å². The van der Waals surface area contributed by atoms with Crippen molar-refractivity contribution >= 4 is 10.9 Å². The summed E-state index contributed by atoms with van der Waals surface area (Å²) in [6, 6.07) is 17.7. The molecule has 0 bridgehead atoms. The van der Waals surface area contributed by atoms with Crippen molar-refractivity contribution in [3.8, 4) is 0 Å². The number of methoxy groups -OCH3 is 1. The normalized spacial score (nSPS) is 10.9. The van der Waals surface area contributed by atoms with E-state index in [2.05, 4.69) is 23.2 Å². The molecule has 3 nitrogen and oxygen atoms in total. The molecule has 0 saturated heterocycles. The summed E-state index contributed by atoms with van der Waals surface area (Å²) in [6.07, 6.45) is 0.796. The Morgan fingerprint density at radius 1 is 1.05 bits per heavy atom. The Bertz CT molecular complexity index is 806. The number of nitrogens with one attached hydrogen (secondary N) is 1. The molecule has 0 saturated carbocycles. The van der Waals surface area contributed by atoms with Crippen LogP contribution in [0.5, 0.6) is 0 Å². The van der Waals surface area contributed by atoms with Gasteiger partial charge in [0.2, 0.25) is 0 Å². The SMILES string of the molecule is COCc1cc(=O)c2cccc(Cc3ccccc3)c2[nH]1. The molecular formula is C18H17NO2. The van der Waals surface area contributed by atoms with Gasteiger partial charge < -0.3 is 9.72 Å².